The van der Waals surface area contributed by atoms with Crippen molar-refractivity contribution in [2.24, 2.45) is 34.0 Å². The van der Waals surface area contributed by atoms with Crippen molar-refractivity contribution in [2.45, 2.75) is 71.0 Å². The molecule has 4 nitrogen and oxygen atoms in total. The summed E-state index contributed by atoms with van der Waals surface area (Å²) in [6, 6.07) is 0. The zero-order valence-electron chi connectivity index (χ0n) is 19.7. The Labute approximate surface area is 192 Å². The Kier molecular flexibility index (Phi) is 5.04. The molecule has 0 aromatic carbocycles. The van der Waals surface area contributed by atoms with Gasteiger partial charge in [-0.3, -0.25) is 0 Å². The summed E-state index contributed by atoms with van der Waals surface area (Å²) in [6.45, 7) is 22.1. The highest BCUT2D eigenvalue weighted by molar-refractivity contribution is 5.45. The number of hydrogen-bond acceptors (Lipinski definition) is 3. The molecule has 1 N–H and O–H groups in total. The Bertz CT molecular complexity index is 923. The molecule has 3 fully saturated rings. The van der Waals surface area contributed by atoms with E-state index < -0.39 is 11.2 Å². The first-order valence-corrected chi connectivity index (χ1v) is 12.3. The van der Waals surface area contributed by atoms with Crippen LogP contribution < -0.4 is 0 Å². The second-order valence-electron chi connectivity index (χ2n) is 11.2. The van der Waals surface area contributed by atoms with E-state index in [9.17, 15) is 5.11 Å². The summed E-state index contributed by atoms with van der Waals surface area (Å²) in [5, 5.41) is 11.3. The van der Waals surface area contributed by atoms with E-state index in [1.54, 1.807) is 0 Å². The summed E-state index contributed by atoms with van der Waals surface area (Å²) in [5.41, 5.74) is 1.21. The van der Waals surface area contributed by atoms with Crippen molar-refractivity contribution in [2.75, 3.05) is 13.2 Å². The van der Waals surface area contributed by atoms with Gasteiger partial charge in [-0.2, -0.15) is 0 Å². The Hall–Kier alpha value is -1.83. The van der Waals surface area contributed by atoms with Crippen LogP contribution in [0.5, 0.6) is 0 Å². The third-order valence-corrected chi connectivity index (χ3v) is 10.2. The van der Waals surface area contributed by atoms with Crippen LogP contribution in [0.4, 0.5) is 0 Å². The van der Waals surface area contributed by atoms with Crippen molar-refractivity contribution in [3.8, 4) is 0 Å². The number of ether oxygens (including phenoxy) is 2. The monoisotopic (exact) mass is 435 g/mol. The fourth-order valence-electron chi connectivity index (χ4n) is 8.87. The number of aliphatic hydroxyl groups excluding tert-OH is 1. The van der Waals surface area contributed by atoms with Gasteiger partial charge in [0.25, 0.3) is 0 Å². The quantitative estimate of drug-likeness (QED) is 0.393. The molecular weight excluding hydrogens is 398 g/mol. The molecule has 5 aliphatic rings. The molecule has 0 radical (unpaired) electrons. The van der Waals surface area contributed by atoms with Crippen molar-refractivity contribution >= 4 is 0 Å². The molecule has 4 aliphatic carbocycles. The minimum atomic E-state index is -0.573. The number of nitrogens with zero attached hydrogens (tertiary/aromatic N) is 1. The second kappa shape index (κ2) is 7.34. The first-order chi connectivity index (χ1) is 15.3. The smallest absolute Gasteiger partial charge is 0.203 e. The largest absolute Gasteiger partial charge is 0.523 e. The summed E-state index contributed by atoms with van der Waals surface area (Å²) in [5.74, 6) is 1.49. The number of rotatable bonds is 4. The first kappa shape index (κ1) is 22.0. The van der Waals surface area contributed by atoms with Gasteiger partial charge in [0.15, 0.2) is 5.79 Å². The van der Waals surface area contributed by atoms with Crippen LogP contribution in [0.2, 0.25) is 0 Å². The zero-order chi connectivity index (χ0) is 22.8. The van der Waals surface area contributed by atoms with Crippen LogP contribution >= 0.6 is 0 Å². The highest BCUT2D eigenvalue weighted by atomic mass is 16.7. The molecule has 5 rings (SSSR count). The van der Waals surface area contributed by atoms with E-state index in [1.807, 2.05) is 12.2 Å². The maximum Gasteiger partial charge on any atom is 0.203 e. The highest BCUT2D eigenvalue weighted by Gasteiger charge is 2.67. The van der Waals surface area contributed by atoms with Crippen molar-refractivity contribution < 1.29 is 14.6 Å². The Morgan fingerprint density at radius 1 is 1.12 bits per heavy atom. The van der Waals surface area contributed by atoms with Crippen LogP contribution in [0.25, 0.3) is 4.85 Å². The summed E-state index contributed by atoms with van der Waals surface area (Å²) < 4.78 is 12.6. The molecule has 0 unspecified atom stereocenters. The summed E-state index contributed by atoms with van der Waals surface area (Å²) in [6.07, 6.45) is 13.5. The van der Waals surface area contributed by atoms with Crippen LogP contribution in [0.15, 0.2) is 48.4 Å². The summed E-state index contributed by atoms with van der Waals surface area (Å²) in [7, 11) is 0. The average molecular weight is 436 g/mol. The van der Waals surface area contributed by atoms with Gasteiger partial charge in [-0.15, -0.1) is 13.2 Å². The van der Waals surface area contributed by atoms with Gasteiger partial charge in [-0.25, -0.2) is 4.85 Å². The van der Waals surface area contributed by atoms with Gasteiger partial charge in [-0.05, 0) is 68.1 Å². The fourth-order valence-corrected chi connectivity index (χ4v) is 8.87. The maximum atomic E-state index is 11.3. The number of hydrogen-bond donors (Lipinski definition) is 1. The lowest BCUT2D eigenvalue weighted by atomic mass is 9.44. The standard InChI is InChI=1S/C28H37NO3/c1-6-12-27(13-7-2)23-9-8-19-20(25(23,3)18-22(29-5)24(27)30)10-14-26(4)21(19)11-15-28(26)31-16-17-32-28/h6-7,9,19-21,30H,1-2,8,10-18H2,3-4H3/t19-,20+,21+,25-,26+/m1/s1. The molecule has 172 valence electrons. The van der Waals surface area contributed by atoms with Gasteiger partial charge < -0.3 is 14.6 Å². The van der Waals surface area contributed by atoms with E-state index in [0.717, 1.165) is 32.1 Å². The van der Waals surface area contributed by atoms with Crippen molar-refractivity contribution in [3.05, 3.63) is 59.8 Å². The van der Waals surface area contributed by atoms with Gasteiger partial charge in [-0.1, -0.05) is 37.6 Å². The number of fused-ring (bicyclic) bond motifs is 6. The van der Waals surface area contributed by atoms with E-state index >= 15 is 0 Å². The summed E-state index contributed by atoms with van der Waals surface area (Å²) >= 11 is 0. The Morgan fingerprint density at radius 3 is 2.41 bits per heavy atom. The molecule has 32 heavy (non-hydrogen) atoms. The molecule has 0 aromatic rings. The lowest BCUT2D eigenvalue weighted by molar-refractivity contribution is -0.242. The predicted molar refractivity (Wildman–Crippen MR) is 125 cm³/mol. The SMILES string of the molecule is [C-]#[N+]C1=C(O)C(CC=C)(CC=C)C2=CC[C@@H]3[C@H](CC[C@@]4(C)[C@H]3CCC43OCCO3)[C@@]2(C)C1. The first-order valence-electron chi connectivity index (χ1n) is 12.3. The molecule has 0 aromatic heterocycles. The van der Waals surface area contributed by atoms with Gasteiger partial charge in [0.2, 0.25) is 5.70 Å². The molecule has 0 bridgehead atoms. The molecular formula is C28H37NO3. The van der Waals surface area contributed by atoms with Crippen molar-refractivity contribution in [1.82, 2.24) is 0 Å². The predicted octanol–water partition coefficient (Wildman–Crippen LogP) is 6.74. The lowest BCUT2D eigenvalue weighted by Gasteiger charge is -2.61. The lowest BCUT2D eigenvalue weighted by Crippen LogP contribution is -2.56. The molecule has 1 aliphatic heterocycles. The van der Waals surface area contributed by atoms with E-state index in [1.165, 1.54) is 5.57 Å². The fraction of sp³-hybridized carbons (Fsp3) is 0.679. The second-order valence-corrected chi connectivity index (χ2v) is 11.2. The van der Waals surface area contributed by atoms with Crippen molar-refractivity contribution in [3.63, 3.8) is 0 Å². The van der Waals surface area contributed by atoms with E-state index in [2.05, 4.69) is 37.9 Å². The Balaban J connectivity index is 1.59. The molecule has 4 heteroatoms. The topological polar surface area (TPSA) is 43.0 Å². The highest BCUT2D eigenvalue weighted by Crippen LogP contribution is 2.71. The van der Waals surface area contributed by atoms with Crippen molar-refractivity contribution in [1.29, 1.82) is 0 Å². The zero-order valence-corrected chi connectivity index (χ0v) is 19.7. The molecule has 1 heterocycles. The molecule has 5 atom stereocenters. The van der Waals surface area contributed by atoms with Crippen LogP contribution in [-0.4, -0.2) is 24.1 Å². The molecule has 2 saturated carbocycles. The van der Waals surface area contributed by atoms with E-state index in [-0.39, 0.29) is 16.6 Å². The van der Waals surface area contributed by atoms with Gasteiger partial charge in [0.05, 0.1) is 19.8 Å². The molecule has 1 saturated heterocycles. The van der Waals surface area contributed by atoms with Crippen LogP contribution in [0.1, 0.15) is 65.2 Å². The third-order valence-electron chi connectivity index (χ3n) is 10.2. The normalized spacial score (nSPS) is 41.3. The minimum absolute atomic E-state index is 0.0565. The molecule has 1 spiro atoms. The van der Waals surface area contributed by atoms with Gasteiger partial charge >= 0.3 is 0 Å². The third kappa shape index (κ3) is 2.56. The average Bonchev–Trinajstić information content (AvgIpc) is 3.37. The minimum Gasteiger partial charge on any atom is -0.523 e. The number of aliphatic hydroxyl groups is 1. The van der Waals surface area contributed by atoms with Crippen LogP contribution in [0.3, 0.4) is 0 Å². The van der Waals surface area contributed by atoms with Crippen LogP contribution in [-0.2, 0) is 9.47 Å². The molecule has 0 amide bonds. The van der Waals surface area contributed by atoms with E-state index in [0.29, 0.717) is 55.9 Å². The maximum absolute atomic E-state index is 11.3. The van der Waals surface area contributed by atoms with Gasteiger partial charge in [0.1, 0.15) is 5.76 Å². The van der Waals surface area contributed by atoms with Crippen LogP contribution in [0, 0.1) is 40.6 Å². The summed E-state index contributed by atoms with van der Waals surface area (Å²) in [4.78, 5) is 3.84. The van der Waals surface area contributed by atoms with E-state index in [4.69, 9.17) is 16.0 Å². The van der Waals surface area contributed by atoms with Gasteiger partial charge in [0, 0.05) is 17.3 Å². The number of allylic oxidation sites excluding steroid dienone is 5. The Morgan fingerprint density at radius 2 is 1.78 bits per heavy atom.